The molecule has 0 atom stereocenters. The predicted molar refractivity (Wildman–Crippen MR) is 110 cm³/mol. The number of carbonyl (C=O) groups excluding carboxylic acids is 2. The third kappa shape index (κ3) is 4.86. The summed E-state index contributed by atoms with van der Waals surface area (Å²) in [4.78, 5) is 24.7. The molecule has 2 aromatic carbocycles. The highest BCUT2D eigenvalue weighted by Gasteiger charge is 2.16. The Morgan fingerprint density at radius 3 is 2.60 bits per heavy atom. The number of amides is 2. The molecule has 0 saturated heterocycles. The van der Waals surface area contributed by atoms with E-state index in [1.807, 2.05) is 6.07 Å². The Bertz CT molecular complexity index is 1150. The van der Waals surface area contributed by atoms with Gasteiger partial charge in [0.1, 0.15) is 24.2 Å². The quantitative estimate of drug-likeness (QED) is 0.593. The molecule has 3 rings (SSSR count). The minimum atomic E-state index is -0.518. The number of anilines is 1. The number of benzene rings is 2. The predicted octanol–water partition coefficient (Wildman–Crippen LogP) is 3.35. The van der Waals surface area contributed by atoms with Crippen molar-refractivity contribution >= 4 is 17.5 Å². The highest BCUT2D eigenvalue weighted by atomic mass is 16.5. The Labute approximate surface area is 173 Å². The average Bonchev–Trinajstić information content (AvgIpc) is 3.26. The second-order valence-electron chi connectivity index (χ2n) is 6.05. The Balaban J connectivity index is 1.67. The lowest BCUT2D eigenvalue weighted by Crippen LogP contribution is -2.25. The molecule has 0 fully saturated rings. The molecule has 0 aliphatic heterocycles. The van der Waals surface area contributed by atoms with Crippen molar-refractivity contribution in [3.8, 4) is 24.2 Å². The molecule has 1 heterocycles. The van der Waals surface area contributed by atoms with Crippen LogP contribution in [0.3, 0.4) is 0 Å². The maximum absolute atomic E-state index is 12.5. The number of carbonyl (C=O) groups is 2. The number of nitrogens with zero attached hydrogens (tertiary/aromatic N) is 1. The molecule has 2 N–H and O–H groups in total. The molecule has 0 aliphatic carbocycles. The summed E-state index contributed by atoms with van der Waals surface area (Å²) in [5.74, 6) is 2.30. The van der Waals surface area contributed by atoms with Crippen LogP contribution in [0.25, 0.3) is 0 Å². The van der Waals surface area contributed by atoms with E-state index >= 15 is 0 Å². The van der Waals surface area contributed by atoms with Gasteiger partial charge < -0.3 is 19.8 Å². The molecule has 3 aromatic rings. The van der Waals surface area contributed by atoms with Crippen molar-refractivity contribution in [2.45, 2.75) is 6.61 Å². The van der Waals surface area contributed by atoms with Gasteiger partial charge in [0, 0.05) is 0 Å². The van der Waals surface area contributed by atoms with Crippen LogP contribution in [0, 0.1) is 23.7 Å². The standard InChI is InChI=1S/C23H17N3O4/c1-2-13-25-22(27)18-8-4-5-9-19(18)26-23(28)21-12-11-17(30-21)15-29-20-10-6-3-7-16(20)14-24/h1,3-12H,13,15H2,(H,25,27)(H,26,28). The van der Waals surface area contributed by atoms with E-state index in [9.17, 15) is 9.59 Å². The van der Waals surface area contributed by atoms with Crippen LogP contribution < -0.4 is 15.4 Å². The van der Waals surface area contributed by atoms with Crippen LogP contribution in [0.4, 0.5) is 5.69 Å². The van der Waals surface area contributed by atoms with Crippen LogP contribution in [-0.4, -0.2) is 18.4 Å². The topological polar surface area (TPSA) is 104 Å². The minimum Gasteiger partial charge on any atom is -0.484 e. The first kappa shape index (κ1) is 20.2. The van der Waals surface area contributed by atoms with E-state index in [0.717, 1.165) is 0 Å². The molecule has 7 heteroatoms. The summed E-state index contributed by atoms with van der Waals surface area (Å²) in [6, 6.07) is 18.5. The summed E-state index contributed by atoms with van der Waals surface area (Å²) < 4.78 is 11.1. The lowest BCUT2D eigenvalue weighted by Gasteiger charge is -2.09. The first-order valence-electron chi connectivity index (χ1n) is 8.95. The van der Waals surface area contributed by atoms with Crippen LogP contribution in [0.1, 0.15) is 32.2 Å². The lowest BCUT2D eigenvalue weighted by atomic mass is 10.1. The van der Waals surface area contributed by atoms with E-state index in [1.165, 1.54) is 6.07 Å². The number of hydrogen-bond donors (Lipinski definition) is 2. The fourth-order valence-corrected chi connectivity index (χ4v) is 2.61. The molecule has 0 unspecified atom stereocenters. The highest BCUT2D eigenvalue weighted by molar-refractivity contribution is 6.07. The van der Waals surface area contributed by atoms with Crippen LogP contribution >= 0.6 is 0 Å². The number of ether oxygens (including phenoxy) is 1. The molecule has 0 saturated carbocycles. The Morgan fingerprint density at radius 1 is 1.03 bits per heavy atom. The Morgan fingerprint density at radius 2 is 1.80 bits per heavy atom. The van der Waals surface area contributed by atoms with Gasteiger partial charge in [0.25, 0.3) is 11.8 Å². The molecule has 0 radical (unpaired) electrons. The third-order valence-corrected chi connectivity index (χ3v) is 4.03. The fraction of sp³-hybridized carbons (Fsp3) is 0.0870. The Hall–Kier alpha value is -4.49. The van der Waals surface area contributed by atoms with Crippen molar-refractivity contribution in [1.29, 1.82) is 5.26 Å². The molecule has 0 spiro atoms. The van der Waals surface area contributed by atoms with Gasteiger partial charge in [0.2, 0.25) is 0 Å². The van der Waals surface area contributed by atoms with E-state index in [-0.39, 0.29) is 24.5 Å². The first-order chi connectivity index (χ1) is 14.6. The summed E-state index contributed by atoms with van der Waals surface area (Å²) in [7, 11) is 0. The Kier molecular flexibility index (Phi) is 6.50. The van der Waals surface area contributed by atoms with Gasteiger partial charge in [-0.25, -0.2) is 0 Å². The summed E-state index contributed by atoms with van der Waals surface area (Å²) in [6.45, 7) is 0.134. The maximum Gasteiger partial charge on any atom is 0.291 e. The second kappa shape index (κ2) is 9.63. The molecule has 0 aliphatic rings. The van der Waals surface area contributed by atoms with Gasteiger partial charge in [0.15, 0.2) is 5.76 Å². The van der Waals surface area contributed by atoms with Gasteiger partial charge in [-0.3, -0.25) is 9.59 Å². The zero-order chi connectivity index (χ0) is 21.3. The summed E-state index contributed by atoms with van der Waals surface area (Å²) in [5.41, 5.74) is 1.01. The molecule has 30 heavy (non-hydrogen) atoms. The second-order valence-corrected chi connectivity index (χ2v) is 6.05. The average molecular weight is 399 g/mol. The SMILES string of the molecule is C#CCNC(=O)c1ccccc1NC(=O)c1ccc(COc2ccccc2C#N)o1. The van der Waals surface area contributed by atoms with E-state index in [0.29, 0.717) is 22.8 Å². The number of rotatable bonds is 7. The number of nitriles is 1. The van der Waals surface area contributed by atoms with Gasteiger partial charge in [-0.1, -0.05) is 30.2 Å². The molecule has 1 aromatic heterocycles. The van der Waals surface area contributed by atoms with Crippen molar-refractivity contribution in [2.24, 2.45) is 0 Å². The van der Waals surface area contributed by atoms with Crippen LogP contribution in [0.15, 0.2) is 65.1 Å². The number of terminal acetylenes is 1. The summed E-state index contributed by atoms with van der Waals surface area (Å²) in [6.07, 6.45) is 5.16. The number of para-hydroxylation sites is 2. The molecule has 7 nitrogen and oxygen atoms in total. The highest BCUT2D eigenvalue weighted by Crippen LogP contribution is 2.20. The van der Waals surface area contributed by atoms with Gasteiger partial charge >= 0.3 is 0 Å². The zero-order valence-corrected chi connectivity index (χ0v) is 15.8. The zero-order valence-electron chi connectivity index (χ0n) is 15.8. The van der Waals surface area contributed by atoms with Gasteiger partial charge in [-0.2, -0.15) is 5.26 Å². The van der Waals surface area contributed by atoms with Gasteiger partial charge in [-0.05, 0) is 36.4 Å². The van der Waals surface area contributed by atoms with Gasteiger partial charge in [-0.15, -0.1) is 6.42 Å². The molecular formula is C23H17N3O4. The monoisotopic (exact) mass is 399 g/mol. The largest absolute Gasteiger partial charge is 0.484 e. The maximum atomic E-state index is 12.5. The number of hydrogen-bond acceptors (Lipinski definition) is 5. The third-order valence-electron chi connectivity index (χ3n) is 4.03. The van der Waals surface area contributed by atoms with Crippen molar-refractivity contribution in [3.05, 3.63) is 83.3 Å². The van der Waals surface area contributed by atoms with Crippen molar-refractivity contribution in [3.63, 3.8) is 0 Å². The summed E-state index contributed by atoms with van der Waals surface area (Å²) in [5, 5.41) is 14.3. The van der Waals surface area contributed by atoms with E-state index in [1.54, 1.807) is 54.6 Å². The normalized spacial score (nSPS) is 9.80. The summed E-state index contributed by atoms with van der Waals surface area (Å²) >= 11 is 0. The van der Waals surface area contributed by atoms with Crippen LogP contribution in [-0.2, 0) is 6.61 Å². The smallest absolute Gasteiger partial charge is 0.291 e. The van der Waals surface area contributed by atoms with Crippen molar-refractivity contribution in [1.82, 2.24) is 5.32 Å². The fourth-order valence-electron chi connectivity index (χ4n) is 2.61. The molecule has 148 valence electrons. The van der Waals surface area contributed by atoms with E-state index in [4.69, 9.17) is 20.8 Å². The van der Waals surface area contributed by atoms with E-state index < -0.39 is 11.8 Å². The van der Waals surface area contributed by atoms with Crippen molar-refractivity contribution < 1.29 is 18.7 Å². The van der Waals surface area contributed by atoms with E-state index in [2.05, 4.69) is 16.6 Å². The van der Waals surface area contributed by atoms with Crippen LogP contribution in [0.5, 0.6) is 5.75 Å². The number of nitrogens with one attached hydrogen (secondary N) is 2. The molecular weight excluding hydrogens is 382 g/mol. The van der Waals surface area contributed by atoms with Crippen LogP contribution in [0.2, 0.25) is 0 Å². The molecule has 2 amide bonds. The first-order valence-corrected chi connectivity index (χ1v) is 8.95. The lowest BCUT2D eigenvalue weighted by molar-refractivity contribution is 0.0959. The molecule has 0 bridgehead atoms. The minimum absolute atomic E-state index is 0.0526. The van der Waals surface area contributed by atoms with Gasteiger partial charge in [0.05, 0.1) is 23.4 Å². The number of furan rings is 1. The van der Waals surface area contributed by atoms with Crippen molar-refractivity contribution in [2.75, 3.05) is 11.9 Å².